The molecule has 0 aliphatic heterocycles. The van der Waals surface area contributed by atoms with Crippen LogP contribution in [0.5, 0.6) is 5.75 Å². The number of benzene rings is 2. The minimum atomic E-state index is 0.403. The normalized spacial score (nSPS) is 11.0. The molecule has 0 spiro atoms. The van der Waals surface area contributed by atoms with Crippen molar-refractivity contribution in [2.24, 2.45) is 5.10 Å². The van der Waals surface area contributed by atoms with E-state index in [2.05, 4.69) is 20.3 Å². The van der Waals surface area contributed by atoms with Crippen molar-refractivity contribution in [3.63, 3.8) is 0 Å². The van der Waals surface area contributed by atoms with Gasteiger partial charge in [-0.1, -0.05) is 36.4 Å². The van der Waals surface area contributed by atoms with Crippen LogP contribution in [0.2, 0.25) is 0 Å². The zero-order valence-corrected chi connectivity index (χ0v) is 15.7. The molecule has 0 saturated heterocycles. The largest absolute Gasteiger partial charge is 0.489 e. The van der Waals surface area contributed by atoms with Crippen LogP contribution in [0.15, 0.2) is 84.1 Å². The third-order valence-electron chi connectivity index (χ3n) is 4.00. The van der Waals surface area contributed by atoms with E-state index in [0.29, 0.717) is 22.9 Å². The van der Waals surface area contributed by atoms with Gasteiger partial charge in [0.05, 0.1) is 6.21 Å². The van der Waals surface area contributed by atoms with Gasteiger partial charge >= 0.3 is 0 Å². The molecular weight excluding hydrogens is 370 g/mol. The zero-order valence-electron chi connectivity index (χ0n) is 14.9. The number of hydrogen-bond donors (Lipinski definition) is 1. The molecule has 0 saturated carbocycles. The maximum atomic E-state index is 5.80. The van der Waals surface area contributed by atoms with Gasteiger partial charge in [0.25, 0.3) is 0 Å². The summed E-state index contributed by atoms with van der Waals surface area (Å²) >= 11 is 5.27. The van der Waals surface area contributed by atoms with E-state index in [1.807, 2.05) is 72.8 Å². The molecule has 2 heterocycles. The van der Waals surface area contributed by atoms with Crippen molar-refractivity contribution in [2.45, 2.75) is 6.61 Å². The summed E-state index contributed by atoms with van der Waals surface area (Å²) in [5.41, 5.74) is 2.74. The Morgan fingerprint density at radius 2 is 1.79 bits per heavy atom. The first kappa shape index (κ1) is 17.8. The van der Waals surface area contributed by atoms with E-state index in [1.54, 1.807) is 17.1 Å². The van der Waals surface area contributed by atoms with Gasteiger partial charge in [-0.05, 0) is 59.7 Å². The van der Waals surface area contributed by atoms with Gasteiger partial charge in [-0.25, -0.2) is 5.10 Å². The second-order valence-electron chi connectivity index (χ2n) is 5.97. The molecule has 1 N–H and O–H groups in total. The molecule has 7 heteroatoms. The SMILES string of the molecule is S=c1[nH]nc(-c2ccccn2)n1N=Cc1ccc(OCc2ccccc2)cc1. The maximum Gasteiger partial charge on any atom is 0.216 e. The van der Waals surface area contributed by atoms with E-state index in [0.717, 1.165) is 16.9 Å². The minimum Gasteiger partial charge on any atom is -0.489 e. The first-order valence-electron chi connectivity index (χ1n) is 8.69. The van der Waals surface area contributed by atoms with E-state index in [-0.39, 0.29) is 0 Å². The van der Waals surface area contributed by atoms with Crippen LogP contribution in [0.4, 0.5) is 0 Å². The summed E-state index contributed by atoms with van der Waals surface area (Å²) in [5, 5.41) is 11.4. The number of aromatic amines is 1. The fraction of sp³-hybridized carbons (Fsp3) is 0.0476. The number of pyridine rings is 1. The van der Waals surface area contributed by atoms with Gasteiger partial charge in [0.15, 0.2) is 0 Å². The Morgan fingerprint density at radius 3 is 2.54 bits per heavy atom. The summed E-state index contributed by atoms with van der Waals surface area (Å²) in [7, 11) is 0. The van der Waals surface area contributed by atoms with Crippen LogP contribution in [0.3, 0.4) is 0 Å². The van der Waals surface area contributed by atoms with E-state index in [4.69, 9.17) is 17.0 Å². The second-order valence-corrected chi connectivity index (χ2v) is 6.35. The number of nitrogens with one attached hydrogen (secondary N) is 1. The molecular formula is C21H17N5OS. The monoisotopic (exact) mass is 387 g/mol. The number of ether oxygens (including phenoxy) is 1. The van der Waals surface area contributed by atoms with Crippen molar-refractivity contribution in [1.82, 2.24) is 19.9 Å². The summed E-state index contributed by atoms with van der Waals surface area (Å²) in [6, 6.07) is 23.4. The van der Waals surface area contributed by atoms with E-state index in [9.17, 15) is 0 Å². The highest BCUT2D eigenvalue weighted by atomic mass is 32.1. The highest BCUT2D eigenvalue weighted by Crippen LogP contribution is 2.15. The summed E-state index contributed by atoms with van der Waals surface area (Å²) < 4.78 is 7.76. The summed E-state index contributed by atoms with van der Waals surface area (Å²) in [5.74, 6) is 1.36. The van der Waals surface area contributed by atoms with Crippen LogP contribution in [0.1, 0.15) is 11.1 Å². The summed E-state index contributed by atoms with van der Waals surface area (Å²) in [4.78, 5) is 4.29. The Hall–Kier alpha value is -3.58. The Bertz CT molecular complexity index is 1120. The summed E-state index contributed by atoms with van der Waals surface area (Å²) in [6.45, 7) is 0.534. The Kier molecular flexibility index (Phi) is 5.35. The lowest BCUT2D eigenvalue weighted by atomic mass is 10.2. The second kappa shape index (κ2) is 8.41. The van der Waals surface area contributed by atoms with Gasteiger partial charge in [-0.15, -0.1) is 0 Å². The van der Waals surface area contributed by atoms with Crippen molar-refractivity contribution >= 4 is 18.4 Å². The number of nitrogens with zero attached hydrogens (tertiary/aromatic N) is 4. The van der Waals surface area contributed by atoms with Crippen molar-refractivity contribution in [1.29, 1.82) is 0 Å². The average Bonchev–Trinajstić information content (AvgIpc) is 3.13. The van der Waals surface area contributed by atoms with Gasteiger partial charge < -0.3 is 4.74 Å². The fourth-order valence-corrected chi connectivity index (χ4v) is 2.75. The lowest BCUT2D eigenvalue weighted by molar-refractivity contribution is 0.306. The van der Waals surface area contributed by atoms with E-state index < -0.39 is 0 Å². The molecule has 0 aliphatic carbocycles. The van der Waals surface area contributed by atoms with Crippen molar-refractivity contribution in [3.05, 3.63) is 94.9 Å². The first-order chi connectivity index (χ1) is 13.8. The Balaban J connectivity index is 1.47. The zero-order chi connectivity index (χ0) is 19.2. The predicted octanol–water partition coefficient (Wildman–Crippen LogP) is 4.46. The first-order valence-corrected chi connectivity index (χ1v) is 9.10. The van der Waals surface area contributed by atoms with Crippen LogP contribution in [0.25, 0.3) is 11.5 Å². The van der Waals surface area contributed by atoms with Gasteiger partial charge in [-0.2, -0.15) is 14.9 Å². The molecule has 2 aromatic heterocycles. The van der Waals surface area contributed by atoms with Gasteiger partial charge in [-0.3, -0.25) is 4.98 Å². The minimum absolute atomic E-state index is 0.403. The van der Waals surface area contributed by atoms with Crippen LogP contribution in [0, 0.1) is 4.77 Å². The number of hydrogen-bond acceptors (Lipinski definition) is 5. The standard InChI is InChI=1S/C21H17N5OS/c28-21-25-24-20(19-8-4-5-13-22-19)26(21)23-14-16-9-11-18(12-10-16)27-15-17-6-2-1-3-7-17/h1-14H,15H2,(H,25,28). The highest BCUT2D eigenvalue weighted by molar-refractivity contribution is 7.71. The fourth-order valence-electron chi connectivity index (χ4n) is 2.58. The molecule has 0 bridgehead atoms. The van der Waals surface area contributed by atoms with Crippen LogP contribution < -0.4 is 4.74 Å². The topological polar surface area (TPSA) is 68.1 Å². The molecule has 0 radical (unpaired) electrons. The summed E-state index contributed by atoms with van der Waals surface area (Å²) in [6.07, 6.45) is 3.42. The van der Waals surface area contributed by atoms with Gasteiger partial charge in [0.2, 0.25) is 10.6 Å². The Labute approximate surface area is 167 Å². The maximum absolute atomic E-state index is 5.80. The number of rotatable bonds is 6. The molecule has 4 rings (SSSR count). The van der Waals surface area contributed by atoms with Gasteiger partial charge in [0, 0.05) is 6.20 Å². The Morgan fingerprint density at radius 1 is 1.00 bits per heavy atom. The lowest BCUT2D eigenvalue weighted by Crippen LogP contribution is -1.97. The average molecular weight is 387 g/mol. The predicted molar refractivity (Wildman–Crippen MR) is 111 cm³/mol. The molecule has 6 nitrogen and oxygen atoms in total. The third kappa shape index (κ3) is 4.21. The molecule has 0 aliphatic rings. The van der Waals surface area contributed by atoms with E-state index >= 15 is 0 Å². The van der Waals surface area contributed by atoms with Crippen molar-refractivity contribution in [3.8, 4) is 17.3 Å². The molecule has 138 valence electrons. The quantitative estimate of drug-likeness (QED) is 0.392. The number of H-pyrrole nitrogens is 1. The van der Waals surface area contributed by atoms with Crippen molar-refractivity contribution in [2.75, 3.05) is 0 Å². The molecule has 2 aromatic carbocycles. The van der Waals surface area contributed by atoms with Crippen molar-refractivity contribution < 1.29 is 4.74 Å². The molecule has 0 unspecified atom stereocenters. The molecule has 28 heavy (non-hydrogen) atoms. The molecule has 0 amide bonds. The number of aromatic nitrogens is 4. The van der Waals surface area contributed by atoms with Crippen LogP contribution in [-0.4, -0.2) is 26.1 Å². The third-order valence-corrected chi connectivity index (χ3v) is 4.26. The lowest BCUT2D eigenvalue weighted by Gasteiger charge is -2.06. The van der Waals surface area contributed by atoms with Crippen LogP contribution >= 0.6 is 12.2 Å². The molecule has 4 aromatic rings. The highest BCUT2D eigenvalue weighted by Gasteiger charge is 2.08. The smallest absolute Gasteiger partial charge is 0.216 e. The molecule has 0 atom stereocenters. The van der Waals surface area contributed by atoms with Gasteiger partial charge in [0.1, 0.15) is 18.1 Å². The van der Waals surface area contributed by atoms with E-state index in [1.165, 1.54) is 0 Å². The molecule has 0 fully saturated rings. The van der Waals surface area contributed by atoms with Crippen LogP contribution in [-0.2, 0) is 6.61 Å².